The van der Waals surface area contributed by atoms with Crippen LogP contribution < -0.4 is 5.32 Å². The first-order valence-electron chi connectivity index (χ1n) is 16.2. The van der Waals surface area contributed by atoms with E-state index in [1.165, 1.54) is 12.1 Å². The normalized spacial score (nSPS) is 20.9. The summed E-state index contributed by atoms with van der Waals surface area (Å²) < 4.78 is 11.5. The Morgan fingerprint density at radius 2 is 1.59 bits per heavy atom. The molecule has 46 heavy (non-hydrogen) atoms. The second kappa shape index (κ2) is 14.7. The zero-order chi connectivity index (χ0) is 32.2. The van der Waals surface area contributed by atoms with E-state index in [9.17, 15) is 19.5 Å². The summed E-state index contributed by atoms with van der Waals surface area (Å²) in [4.78, 5) is 48.1. The number of fused-ring (bicyclic) bond motifs is 1. The first kappa shape index (κ1) is 32.7. The van der Waals surface area contributed by atoms with Crippen molar-refractivity contribution in [3.8, 4) is 5.75 Å². The summed E-state index contributed by atoms with van der Waals surface area (Å²) in [5.74, 6) is -0.503. The van der Waals surface area contributed by atoms with E-state index < -0.39 is 12.2 Å². The van der Waals surface area contributed by atoms with Gasteiger partial charge in [0.25, 0.3) is 5.91 Å². The number of para-hydroxylation sites is 1. The Morgan fingerprint density at radius 3 is 2.28 bits per heavy atom. The molecule has 2 aromatic carbocycles. The SMILES string of the molecule is O=C(O[C@H](Cc1cc(Cl)c(O)c(Cl)c1)C(=O)N1CCN(C2CCOCC2)CC1)N1CCC(N2CCc3ccccc3NC2=O)CC1. The van der Waals surface area contributed by atoms with E-state index in [1.54, 1.807) is 9.80 Å². The van der Waals surface area contributed by atoms with Crippen molar-refractivity contribution >= 4 is 46.9 Å². The standard InChI is InChI=1S/C33H41Cl2N5O6/c34-26-19-22(20-27(35)30(26)41)21-29(31(42)38-15-13-37(14-16-38)24-8-17-45-18-9-24)46-33(44)39-10-6-25(7-11-39)40-12-5-23-3-1-2-4-28(23)36-32(40)43/h1-4,19-20,24-25,29,41H,5-18,21H2,(H,36,43)/t29-/m1/s1. The van der Waals surface area contributed by atoms with Crippen LogP contribution in [0.3, 0.4) is 0 Å². The summed E-state index contributed by atoms with van der Waals surface area (Å²) in [7, 11) is 0. The minimum atomic E-state index is -1.09. The number of aromatic hydroxyl groups is 1. The number of phenolic OH excluding ortho intramolecular Hbond substituents is 1. The highest BCUT2D eigenvalue weighted by Gasteiger charge is 2.36. The minimum absolute atomic E-state index is 0.0101. The smallest absolute Gasteiger partial charge is 0.410 e. The van der Waals surface area contributed by atoms with Crippen LogP contribution in [0.25, 0.3) is 0 Å². The van der Waals surface area contributed by atoms with Gasteiger partial charge in [-0.2, -0.15) is 0 Å². The number of ether oxygens (including phenoxy) is 2. The van der Waals surface area contributed by atoms with Crippen LogP contribution in [0.1, 0.15) is 36.8 Å². The summed E-state index contributed by atoms with van der Waals surface area (Å²) in [6.45, 7) is 5.50. The largest absolute Gasteiger partial charge is 0.505 e. The summed E-state index contributed by atoms with van der Waals surface area (Å²) in [6.07, 6.45) is 2.36. The van der Waals surface area contributed by atoms with Gasteiger partial charge in [0.15, 0.2) is 11.9 Å². The molecule has 2 N–H and O–H groups in total. The molecule has 4 aliphatic rings. The highest BCUT2D eigenvalue weighted by atomic mass is 35.5. The maximum absolute atomic E-state index is 13.9. The molecule has 3 saturated heterocycles. The van der Waals surface area contributed by atoms with Crippen molar-refractivity contribution in [2.75, 3.05) is 64.3 Å². The lowest BCUT2D eigenvalue weighted by atomic mass is 10.0. The average Bonchev–Trinajstić information content (AvgIpc) is 3.25. The van der Waals surface area contributed by atoms with Gasteiger partial charge in [0.1, 0.15) is 0 Å². The number of hydrogen-bond donors (Lipinski definition) is 2. The zero-order valence-corrected chi connectivity index (χ0v) is 27.3. The van der Waals surface area contributed by atoms with Crippen molar-refractivity contribution in [2.45, 2.75) is 56.7 Å². The zero-order valence-electron chi connectivity index (χ0n) is 25.8. The summed E-state index contributed by atoms with van der Waals surface area (Å²) in [6, 6.07) is 11.2. The molecule has 0 aromatic heterocycles. The molecule has 4 aliphatic heterocycles. The number of urea groups is 1. The third kappa shape index (κ3) is 7.48. The van der Waals surface area contributed by atoms with Crippen molar-refractivity contribution < 1.29 is 29.0 Å². The van der Waals surface area contributed by atoms with E-state index in [0.717, 1.165) is 56.8 Å². The molecule has 1 atom stereocenters. The number of carbonyl (C=O) groups excluding carboxylic acids is 3. The lowest BCUT2D eigenvalue weighted by Crippen LogP contribution is -2.56. The molecule has 0 unspecified atom stereocenters. The molecule has 248 valence electrons. The Hall–Kier alpha value is -3.25. The van der Waals surface area contributed by atoms with E-state index in [4.69, 9.17) is 32.7 Å². The van der Waals surface area contributed by atoms with Crippen LogP contribution >= 0.6 is 23.2 Å². The fourth-order valence-electron chi connectivity index (χ4n) is 6.99. The molecule has 2 aromatic rings. The van der Waals surface area contributed by atoms with Crippen molar-refractivity contribution in [1.82, 2.24) is 19.6 Å². The molecule has 0 bridgehead atoms. The fraction of sp³-hybridized carbons (Fsp3) is 0.545. The summed E-state index contributed by atoms with van der Waals surface area (Å²) >= 11 is 12.4. The number of nitrogens with one attached hydrogen (secondary N) is 1. The number of benzene rings is 2. The van der Waals surface area contributed by atoms with Gasteiger partial charge in [0, 0.05) is 83.2 Å². The number of piperazine rings is 1. The first-order chi connectivity index (χ1) is 22.3. The monoisotopic (exact) mass is 673 g/mol. The van der Waals surface area contributed by atoms with Crippen LogP contribution in [0.4, 0.5) is 15.3 Å². The van der Waals surface area contributed by atoms with Crippen LogP contribution in [0, 0.1) is 0 Å². The quantitative estimate of drug-likeness (QED) is 0.460. The number of anilines is 1. The van der Waals surface area contributed by atoms with Gasteiger partial charge in [-0.05, 0) is 61.4 Å². The number of piperidine rings is 1. The van der Waals surface area contributed by atoms with Crippen molar-refractivity contribution in [3.63, 3.8) is 0 Å². The van der Waals surface area contributed by atoms with Gasteiger partial charge >= 0.3 is 12.1 Å². The third-order valence-corrected chi connectivity index (χ3v) is 10.2. The first-order valence-corrected chi connectivity index (χ1v) is 16.9. The van der Waals surface area contributed by atoms with Gasteiger partial charge in [0.05, 0.1) is 10.0 Å². The number of hydrogen-bond acceptors (Lipinski definition) is 7. The van der Waals surface area contributed by atoms with Gasteiger partial charge in [-0.1, -0.05) is 41.4 Å². The number of phenols is 1. The second-order valence-corrected chi connectivity index (χ2v) is 13.3. The van der Waals surface area contributed by atoms with E-state index >= 15 is 0 Å². The minimum Gasteiger partial charge on any atom is -0.505 e. The van der Waals surface area contributed by atoms with E-state index in [-0.39, 0.29) is 40.2 Å². The predicted octanol–water partition coefficient (Wildman–Crippen LogP) is 4.62. The predicted molar refractivity (Wildman–Crippen MR) is 175 cm³/mol. The van der Waals surface area contributed by atoms with Crippen molar-refractivity contribution in [1.29, 1.82) is 0 Å². The van der Waals surface area contributed by atoms with Crippen LogP contribution in [0.15, 0.2) is 36.4 Å². The highest BCUT2D eigenvalue weighted by Crippen LogP contribution is 2.33. The maximum atomic E-state index is 13.9. The molecule has 0 saturated carbocycles. The molecule has 6 rings (SSSR count). The summed E-state index contributed by atoms with van der Waals surface area (Å²) in [5.41, 5.74) is 2.52. The maximum Gasteiger partial charge on any atom is 0.410 e. The van der Waals surface area contributed by atoms with Gasteiger partial charge < -0.3 is 34.6 Å². The van der Waals surface area contributed by atoms with Gasteiger partial charge in [-0.15, -0.1) is 0 Å². The Morgan fingerprint density at radius 1 is 0.913 bits per heavy atom. The third-order valence-electron chi connectivity index (χ3n) is 9.65. The molecule has 0 aliphatic carbocycles. The Balaban J connectivity index is 1.09. The molecule has 13 heteroatoms. The van der Waals surface area contributed by atoms with Crippen LogP contribution in [-0.2, 0) is 27.1 Å². The number of rotatable bonds is 6. The lowest BCUT2D eigenvalue weighted by molar-refractivity contribution is -0.143. The van der Waals surface area contributed by atoms with E-state index in [2.05, 4.69) is 10.2 Å². The van der Waals surface area contributed by atoms with Crippen molar-refractivity contribution in [2.24, 2.45) is 0 Å². The number of nitrogens with zero attached hydrogens (tertiary/aromatic N) is 4. The Bertz CT molecular complexity index is 1400. The molecule has 11 nitrogen and oxygen atoms in total. The fourth-order valence-corrected chi connectivity index (χ4v) is 7.52. The van der Waals surface area contributed by atoms with Gasteiger partial charge in [-0.3, -0.25) is 9.69 Å². The van der Waals surface area contributed by atoms with E-state index in [0.29, 0.717) is 57.2 Å². The number of halogens is 2. The molecule has 0 radical (unpaired) electrons. The molecule has 3 fully saturated rings. The van der Waals surface area contributed by atoms with Crippen LogP contribution in [0.2, 0.25) is 10.0 Å². The Kier molecular flexibility index (Phi) is 10.4. The molecular weight excluding hydrogens is 633 g/mol. The second-order valence-electron chi connectivity index (χ2n) is 12.4. The Labute approximate surface area is 279 Å². The molecule has 4 amide bonds. The highest BCUT2D eigenvalue weighted by molar-refractivity contribution is 6.37. The van der Waals surface area contributed by atoms with Crippen molar-refractivity contribution in [3.05, 3.63) is 57.6 Å². The van der Waals surface area contributed by atoms with Crippen LogP contribution in [0.5, 0.6) is 5.75 Å². The lowest BCUT2D eigenvalue weighted by Gasteiger charge is -2.41. The van der Waals surface area contributed by atoms with Gasteiger partial charge in [0.2, 0.25) is 0 Å². The number of likely N-dealkylation sites (tertiary alicyclic amines) is 1. The number of amides is 4. The molecule has 0 spiro atoms. The average molecular weight is 675 g/mol. The number of carbonyl (C=O) groups is 3. The molecular formula is C33H41Cl2N5O6. The summed E-state index contributed by atoms with van der Waals surface area (Å²) in [5, 5.41) is 13.2. The van der Waals surface area contributed by atoms with E-state index in [1.807, 2.05) is 29.2 Å². The molecule has 4 heterocycles. The topological polar surface area (TPSA) is 115 Å². The van der Waals surface area contributed by atoms with Gasteiger partial charge in [-0.25, -0.2) is 9.59 Å². The van der Waals surface area contributed by atoms with Crippen LogP contribution in [-0.4, -0.2) is 120 Å².